The maximum Gasteiger partial charge on any atom is 0.243 e. The highest BCUT2D eigenvalue weighted by atomic mass is 32.2. The van der Waals surface area contributed by atoms with Gasteiger partial charge in [-0.05, 0) is 18.8 Å². The molecule has 1 heterocycles. The lowest BCUT2D eigenvalue weighted by atomic mass is 9.86. The van der Waals surface area contributed by atoms with E-state index in [1.807, 2.05) is 0 Å². The molecule has 2 unspecified atom stereocenters. The monoisotopic (exact) mass is 259 g/mol. The summed E-state index contributed by atoms with van der Waals surface area (Å²) in [5.74, 6) is 0.0189. The molecular formula is C10H17N3O3S. The highest BCUT2D eigenvalue weighted by molar-refractivity contribution is 7.89. The third-order valence-electron chi connectivity index (χ3n) is 3.23. The third kappa shape index (κ3) is 2.85. The SMILES string of the molecule is O=S(=O)(NC1CCCCC1CO)c1cn[nH]c1. The molecule has 1 aromatic rings. The Balaban J connectivity index is 2.09. The van der Waals surface area contributed by atoms with E-state index < -0.39 is 10.0 Å². The van der Waals surface area contributed by atoms with Gasteiger partial charge >= 0.3 is 0 Å². The predicted molar refractivity (Wildman–Crippen MR) is 61.7 cm³/mol. The summed E-state index contributed by atoms with van der Waals surface area (Å²) in [5.41, 5.74) is 0. The average Bonchev–Trinajstić information content (AvgIpc) is 2.83. The Morgan fingerprint density at radius 2 is 2.24 bits per heavy atom. The van der Waals surface area contributed by atoms with Crippen molar-refractivity contribution in [3.8, 4) is 0 Å². The van der Waals surface area contributed by atoms with Gasteiger partial charge in [-0.1, -0.05) is 12.8 Å². The fourth-order valence-corrected chi connectivity index (χ4v) is 3.48. The van der Waals surface area contributed by atoms with E-state index in [1.165, 1.54) is 12.4 Å². The van der Waals surface area contributed by atoms with Crippen LogP contribution in [0.4, 0.5) is 0 Å². The molecule has 2 atom stereocenters. The molecule has 3 N–H and O–H groups in total. The van der Waals surface area contributed by atoms with Crippen molar-refractivity contribution in [3.63, 3.8) is 0 Å². The van der Waals surface area contributed by atoms with Crippen molar-refractivity contribution in [1.82, 2.24) is 14.9 Å². The van der Waals surface area contributed by atoms with Gasteiger partial charge in [0, 0.05) is 18.8 Å². The molecule has 0 aromatic carbocycles. The number of H-pyrrole nitrogens is 1. The van der Waals surface area contributed by atoms with E-state index in [1.54, 1.807) is 0 Å². The molecule has 2 rings (SSSR count). The van der Waals surface area contributed by atoms with Crippen molar-refractivity contribution >= 4 is 10.0 Å². The number of aliphatic hydroxyl groups excluding tert-OH is 1. The Bertz CT molecular complexity index is 443. The van der Waals surface area contributed by atoms with E-state index in [0.29, 0.717) is 0 Å². The predicted octanol–water partition coefficient (Wildman–Crippen LogP) is 0.239. The van der Waals surface area contributed by atoms with Gasteiger partial charge in [0.05, 0.1) is 6.20 Å². The van der Waals surface area contributed by atoms with Crippen LogP contribution in [0.1, 0.15) is 25.7 Å². The van der Waals surface area contributed by atoms with Gasteiger partial charge in [0.2, 0.25) is 10.0 Å². The van der Waals surface area contributed by atoms with Gasteiger partial charge in [-0.25, -0.2) is 13.1 Å². The van der Waals surface area contributed by atoms with Crippen molar-refractivity contribution in [2.75, 3.05) is 6.61 Å². The van der Waals surface area contributed by atoms with E-state index in [9.17, 15) is 13.5 Å². The lowest BCUT2D eigenvalue weighted by Gasteiger charge is -2.30. The van der Waals surface area contributed by atoms with Crippen LogP contribution >= 0.6 is 0 Å². The zero-order valence-corrected chi connectivity index (χ0v) is 10.3. The third-order valence-corrected chi connectivity index (χ3v) is 4.69. The molecule has 1 saturated carbocycles. The number of hydrogen-bond acceptors (Lipinski definition) is 4. The van der Waals surface area contributed by atoms with Crippen molar-refractivity contribution in [2.24, 2.45) is 5.92 Å². The van der Waals surface area contributed by atoms with Crippen LogP contribution in [0.3, 0.4) is 0 Å². The van der Waals surface area contributed by atoms with Crippen LogP contribution in [0, 0.1) is 5.92 Å². The molecule has 0 saturated heterocycles. The van der Waals surface area contributed by atoms with Gasteiger partial charge in [-0.2, -0.15) is 5.10 Å². The molecular weight excluding hydrogens is 242 g/mol. The number of rotatable bonds is 4. The number of aliphatic hydroxyl groups is 1. The number of nitrogens with zero attached hydrogens (tertiary/aromatic N) is 1. The average molecular weight is 259 g/mol. The van der Waals surface area contributed by atoms with Crippen molar-refractivity contribution in [2.45, 2.75) is 36.6 Å². The van der Waals surface area contributed by atoms with E-state index in [-0.39, 0.29) is 23.5 Å². The Labute approximate surface area is 100 Å². The first-order valence-electron chi connectivity index (χ1n) is 5.75. The largest absolute Gasteiger partial charge is 0.396 e. The van der Waals surface area contributed by atoms with E-state index in [4.69, 9.17) is 0 Å². The first-order chi connectivity index (χ1) is 8.13. The molecule has 0 bridgehead atoms. The number of hydrogen-bond donors (Lipinski definition) is 3. The minimum absolute atomic E-state index is 0.0189. The minimum atomic E-state index is -3.51. The molecule has 0 amide bonds. The lowest BCUT2D eigenvalue weighted by Crippen LogP contribution is -2.43. The van der Waals surface area contributed by atoms with Crippen LogP contribution in [0.15, 0.2) is 17.3 Å². The van der Waals surface area contributed by atoms with Crippen molar-refractivity contribution < 1.29 is 13.5 Å². The summed E-state index contributed by atoms with van der Waals surface area (Å²) in [7, 11) is -3.51. The molecule has 6 nitrogen and oxygen atoms in total. The summed E-state index contributed by atoms with van der Waals surface area (Å²) >= 11 is 0. The minimum Gasteiger partial charge on any atom is -0.396 e. The first kappa shape index (κ1) is 12.5. The highest BCUT2D eigenvalue weighted by Crippen LogP contribution is 2.25. The summed E-state index contributed by atoms with van der Waals surface area (Å²) in [4.78, 5) is 0.139. The van der Waals surface area contributed by atoms with Crippen LogP contribution in [0.2, 0.25) is 0 Å². The Morgan fingerprint density at radius 3 is 2.88 bits per heavy atom. The molecule has 1 aromatic heterocycles. The number of aromatic amines is 1. The van der Waals surface area contributed by atoms with Crippen LogP contribution in [0.25, 0.3) is 0 Å². The number of sulfonamides is 1. The maximum atomic E-state index is 12.0. The van der Waals surface area contributed by atoms with Crippen molar-refractivity contribution in [1.29, 1.82) is 0 Å². The normalized spacial score (nSPS) is 25.9. The van der Waals surface area contributed by atoms with Gasteiger partial charge in [-0.15, -0.1) is 0 Å². The highest BCUT2D eigenvalue weighted by Gasteiger charge is 2.29. The van der Waals surface area contributed by atoms with Gasteiger partial charge < -0.3 is 5.11 Å². The van der Waals surface area contributed by atoms with Gasteiger partial charge in [0.25, 0.3) is 0 Å². The summed E-state index contributed by atoms with van der Waals surface area (Å²) in [5, 5.41) is 15.3. The number of nitrogens with one attached hydrogen (secondary N) is 2. The summed E-state index contributed by atoms with van der Waals surface area (Å²) in [6, 6.07) is -0.173. The van der Waals surface area contributed by atoms with Crippen LogP contribution in [-0.2, 0) is 10.0 Å². The van der Waals surface area contributed by atoms with Gasteiger partial charge in [0.1, 0.15) is 4.90 Å². The Morgan fingerprint density at radius 1 is 1.47 bits per heavy atom. The van der Waals surface area contributed by atoms with E-state index >= 15 is 0 Å². The van der Waals surface area contributed by atoms with Gasteiger partial charge in [-0.3, -0.25) is 5.10 Å². The van der Waals surface area contributed by atoms with Gasteiger partial charge in [0.15, 0.2) is 0 Å². The molecule has 0 aliphatic heterocycles. The lowest BCUT2D eigenvalue weighted by molar-refractivity contribution is 0.164. The second kappa shape index (κ2) is 5.16. The maximum absolute atomic E-state index is 12.0. The molecule has 7 heteroatoms. The van der Waals surface area contributed by atoms with Crippen LogP contribution in [-0.4, -0.2) is 36.4 Å². The Hall–Kier alpha value is -0.920. The smallest absolute Gasteiger partial charge is 0.243 e. The Kier molecular flexibility index (Phi) is 3.80. The molecule has 1 aliphatic rings. The zero-order valence-electron chi connectivity index (χ0n) is 9.46. The summed E-state index contributed by atoms with van der Waals surface area (Å²) < 4.78 is 26.6. The second-order valence-electron chi connectivity index (χ2n) is 4.39. The fraction of sp³-hybridized carbons (Fsp3) is 0.700. The molecule has 17 heavy (non-hydrogen) atoms. The van der Waals surface area contributed by atoms with Crippen LogP contribution < -0.4 is 4.72 Å². The fourth-order valence-electron chi connectivity index (χ4n) is 2.23. The zero-order chi connectivity index (χ0) is 12.3. The quantitative estimate of drug-likeness (QED) is 0.721. The second-order valence-corrected chi connectivity index (χ2v) is 6.10. The molecule has 96 valence electrons. The standard InChI is InChI=1S/C10H17N3O3S/c14-7-8-3-1-2-4-10(8)13-17(15,16)9-5-11-12-6-9/h5-6,8,10,13-14H,1-4,7H2,(H,11,12). The molecule has 1 fully saturated rings. The molecule has 0 spiro atoms. The first-order valence-corrected chi connectivity index (χ1v) is 7.24. The topological polar surface area (TPSA) is 95.1 Å². The molecule has 1 aliphatic carbocycles. The van der Waals surface area contributed by atoms with Crippen LogP contribution in [0.5, 0.6) is 0 Å². The number of aromatic nitrogens is 2. The van der Waals surface area contributed by atoms with E-state index in [0.717, 1.165) is 25.7 Å². The summed E-state index contributed by atoms with van der Waals surface area (Å²) in [6.07, 6.45) is 6.32. The molecule has 0 radical (unpaired) electrons. The van der Waals surface area contributed by atoms with E-state index in [2.05, 4.69) is 14.9 Å². The van der Waals surface area contributed by atoms with Crippen molar-refractivity contribution in [3.05, 3.63) is 12.4 Å². The summed E-state index contributed by atoms with van der Waals surface area (Å²) in [6.45, 7) is 0.0264.